The number of hydrogen-bond donors (Lipinski definition) is 1. The molecule has 0 amide bonds. The molecule has 2 aromatic rings. The summed E-state index contributed by atoms with van der Waals surface area (Å²) in [6, 6.07) is 4.56. The van der Waals surface area contributed by atoms with Crippen molar-refractivity contribution in [2.75, 3.05) is 12.4 Å². The minimum atomic E-state index is -0.448. The summed E-state index contributed by atoms with van der Waals surface area (Å²) in [4.78, 5) is 14.4. The number of benzene rings is 1. The van der Waals surface area contributed by atoms with Crippen LogP contribution in [0.5, 0.6) is 5.75 Å². The minimum absolute atomic E-state index is 0.00451. The van der Waals surface area contributed by atoms with Crippen molar-refractivity contribution in [2.24, 2.45) is 0 Å². The van der Waals surface area contributed by atoms with Crippen LogP contribution in [0.2, 0.25) is 0 Å². The first-order chi connectivity index (χ1) is 8.69. The molecular formula is C11H11N3O3S. The zero-order valence-corrected chi connectivity index (χ0v) is 10.4. The number of nitro benzene ring substituents is 1. The molecule has 0 aliphatic heterocycles. The molecule has 0 atom stereocenters. The van der Waals surface area contributed by atoms with E-state index >= 15 is 0 Å². The predicted molar refractivity (Wildman–Crippen MR) is 69.1 cm³/mol. The quantitative estimate of drug-likeness (QED) is 0.664. The van der Waals surface area contributed by atoms with Crippen molar-refractivity contribution in [3.8, 4) is 5.75 Å². The highest BCUT2D eigenvalue weighted by molar-refractivity contribution is 7.07. The largest absolute Gasteiger partial charge is 0.496 e. The average molecular weight is 265 g/mol. The molecule has 0 saturated carbocycles. The number of anilines is 1. The van der Waals surface area contributed by atoms with Crippen LogP contribution >= 0.6 is 11.3 Å². The van der Waals surface area contributed by atoms with Crippen LogP contribution < -0.4 is 10.1 Å². The molecule has 7 heteroatoms. The molecule has 0 bridgehead atoms. The Balaban J connectivity index is 2.16. The van der Waals surface area contributed by atoms with Crippen molar-refractivity contribution >= 4 is 22.7 Å². The molecule has 0 unspecified atom stereocenters. The van der Waals surface area contributed by atoms with Gasteiger partial charge >= 0.3 is 0 Å². The SMILES string of the molecule is COc1cc(NCc2cscn2)cc([N+](=O)[O-])c1. The summed E-state index contributed by atoms with van der Waals surface area (Å²) >= 11 is 1.51. The molecule has 0 radical (unpaired) electrons. The maximum Gasteiger partial charge on any atom is 0.275 e. The second-order valence-corrected chi connectivity index (χ2v) is 4.23. The molecule has 6 nitrogen and oxygen atoms in total. The molecule has 0 fully saturated rings. The first-order valence-corrected chi connectivity index (χ1v) is 6.07. The molecule has 2 rings (SSSR count). The van der Waals surface area contributed by atoms with Gasteiger partial charge in [-0.3, -0.25) is 10.1 Å². The van der Waals surface area contributed by atoms with E-state index in [1.807, 2.05) is 5.38 Å². The van der Waals surface area contributed by atoms with Gasteiger partial charge in [-0.2, -0.15) is 0 Å². The fourth-order valence-electron chi connectivity index (χ4n) is 1.43. The van der Waals surface area contributed by atoms with Crippen LogP contribution in [0.15, 0.2) is 29.1 Å². The van der Waals surface area contributed by atoms with Crippen molar-refractivity contribution in [1.29, 1.82) is 0 Å². The van der Waals surface area contributed by atoms with E-state index in [-0.39, 0.29) is 5.69 Å². The Bertz CT molecular complexity index is 542. The van der Waals surface area contributed by atoms with Gasteiger partial charge in [-0.15, -0.1) is 11.3 Å². The normalized spacial score (nSPS) is 10.1. The number of thiazole rings is 1. The Hall–Kier alpha value is -2.15. The Morgan fingerprint density at radius 2 is 2.33 bits per heavy atom. The molecule has 94 valence electrons. The molecule has 0 spiro atoms. The van der Waals surface area contributed by atoms with Gasteiger partial charge in [-0.1, -0.05) is 0 Å². The summed E-state index contributed by atoms with van der Waals surface area (Å²) in [5, 5.41) is 15.8. The van der Waals surface area contributed by atoms with Gasteiger partial charge in [0.25, 0.3) is 5.69 Å². The van der Waals surface area contributed by atoms with E-state index in [1.54, 1.807) is 11.6 Å². The van der Waals surface area contributed by atoms with E-state index in [0.717, 1.165) is 5.69 Å². The number of nitrogens with one attached hydrogen (secondary N) is 1. The second kappa shape index (κ2) is 5.46. The van der Waals surface area contributed by atoms with Crippen LogP contribution in [0.1, 0.15) is 5.69 Å². The number of hydrogen-bond acceptors (Lipinski definition) is 6. The van der Waals surface area contributed by atoms with E-state index in [9.17, 15) is 10.1 Å². The summed E-state index contributed by atoms with van der Waals surface area (Å²) in [6.45, 7) is 0.522. The topological polar surface area (TPSA) is 77.3 Å². The van der Waals surface area contributed by atoms with Crippen LogP contribution in [0.3, 0.4) is 0 Å². The van der Waals surface area contributed by atoms with Gasteiger partial charge in [0.05, 0.1) is 35.8 Å². The number of nitro groups is 1. The predicted octanol–water partition coefficient (Wildman–Crippen LogP) is 2.67. The van der Waals surface area contributed by atoms with Gasteiger partial charge < -0.3 is 10.1 Å². The lowest BCUT2D eigenvalue weighted by Gasteiger charge is -2.07. The summed E-state index contributed by atoms with van der Waals surface area (Å²) < 4.78 is 5.02. The third kappa shape index (κ3) is 2.95. The van der Waals surface area contributed by atoms with Gasteiger partial charge in [0.15, 0.2) is 0 Å². The number of nitrogens with zero attached hydrogens (tertiary/aromatic N) is 2. The van der Waals surface area contributed by atoms with Crippen molar-refractivity contribution < 1.29 is 9.66 Å². The standard InChI is InChI=1S/C11H11N3O3S/c1-17-11-3-8(2-10(4-11)14(15)16)12-5-9-6-18-7-13-9/h2-4,6-7,12H,5H2,1H3. The summed E-state index contributed by atoms with van der Waals surface area (Å²) in [5.41, 5.74) is 3.26. The van der Waals surface area contributed by atoms with Gasteiger partial charge in [-0.05, 0) is 0 Å². The van der Waals surface area contributed by atoms with Gasteiger partial charge in [-0.25, -0.2) is 4.98 Å². The van der Waals surface area contributed by atoms with Crippen LogP contribution in [0.25, 0.3) is 0 Å². The third-order valence-electron chi connectivity index (χ3n) is 2.29. The zero-order valence-electron chi connectivity index (χ0n) is 9.62. The Morgan fingerprint density at radius 3 is 2.94 bits per heavy atom. The highest BCUT2D eigenvalue weighted by atomic mass is 32.1. The minimum Gasteiger partial charge on any atom is -0.496 e. The number of non-ortho nitro benzene ring substituents is 1. The highest BCUT2D eigenvalue weighted by Gasteiger charge is 2.10. The molecule has 18 heavy (non-hydrogen) atoms. The third-order valence-corrected chi connectivity index (χ3v) is 2.93. The van der Waals surface area contributed by atoms with Crippen molar-refractivity contribution in [2.45, 2.75) is 6.54 Å². The van der Waals surface area contributed by atoms with Crippen molar-refractivity contribution in [3.05, 3.63) is 44.9 Å². The summed E-state index contributed by atoms with van der Waals surface area (Å²) in [5.74, 6) is 0.449. The number of ether oxygens (including phenoxy) is 1. The van der Waals surface area contributed by atoms with E-state index in [0.29, 0.717) is 18.0 Å². The van der Waals surface area contributed by atoms with Gasteiger partial charge in [0.1, 0.15) is 5.75 Å². The molecule has 0 aliphatic carbocycles. The molecular weight excluding hydrogens is 254 g/mol. The van der Waals surface area contributed by atoms with E-state index in [4.69, 9.17) is 4.74 Å². The second-order valence-electron chi connectivity index (χ2n) is 3.51. The lowest BCUT2D eigenvalue weighted by Crippen LogP contribution is -2.01. The van der Waals surface area contributed by atoms with Gasteiger partial charge in [0, 0.05) is 23.2 Å². The fraction of sp³-hybridized carbons (Fsp3) is 0.182. The lowest BCUT2D eigenvalue weighted by molar-refractivity contribution is -0.384. The highest BCUT2D eigenvalue weighted by Crippen LogP contribution is 2.26. The molecule has 1 aromatic carbocycles. The van der Waals surface area contributed by atoms with Crippen LogP contribution in [-0.4, -0.2) is 17.0 Å². The molecule has 1 N–H and O–H groups in total. The Morgan fingerprint density at radius 1 is 1.50 bits per heavy atom. The number of aromatic nitrogens is 1. The lowest BCUT2D eigenvalue weighted by atomic mass is 10.2. The molecule has 1 heterocycles. The van der Waals surface area contributed by atoms with Gasteiger partial charge in [0.2, 0.25) is 0 Å². The van der Waals surface area contributed by atoms with Crippen LogP contribution in [0, 0.1) is 10.1 Å². The van der Waals surface area contributed by atoms with E-state index in [1.165, 1.54) is 30.6 Å². The molecule has 0 saturated heterocycles. The summed E-state index contributed by atoms with van der Waals surface area (Å²) in [7, 11) is 1.48. The first-order valence-electron chi connectivity index (χ1n) is 5.13. The first kappa shape index (κ1) is 12.3. The monoisotopic (exact) mass is 265 g/mol. The fourth-order valence-corrected chi connectivity index (χ4v) is 1.98. The number of rotatable bonds is 5. The average Bonchev–Trinajstić information content (AvgIpc) is 2.89. The zero-order chi connectivity index (χ0) is 13.0. The van der Waals surface area contributed by atoms with E-state index < -0.39 is 4.92 Å². The van der Waals surface area contributed by atoms with Crippen LogP contribution in [-0.2, 0) is 6.54 Å². The van der Waals surface area contributed by atoms with Crippen molar-refractivity contribution in [3.63, 3.8) is 0 Å². The van der Waals surface area contributed by atoms with Crippen molar-refractivity contribution in [1.82, 2.24) is 4.98 Å². The van der Waals surface area contributed by atoms with Crippen LogP contribution in [0.4, 0.5) is 11.4 Å². The Kier molecular flexibility index (Phi) is 3.73. The summed E-state index contributed by atoms with van der Waals surface area (Å²) in [6.07, 6.45) is 0. The molecule has 1 aromatic heterocycles. The van der Waals surface area contributed by atoms with E-state index in [2.05, 4.69) is 10.3 Å². The Labute approximate surface area is 107 Å². The maximum atomic E-state index is 10.8. The maximum absolute atomic E-state index is 10.8. The molecule has 0 aliphatic rings. The smallest absolute Gasteiger partial charge is 0.275 e. The number of methoxy groups -OCH3 is 1.